The second-order valence-corrected chi connectivity index (χ2v) is 9.51. The summed E-state index contributed by atoms with van der Waals surface area (Å²) in [5.41, 5.74) is 3.19. The number of anilines is 2. The van der Waals surface area contributed by atoms with Crippen molar-refractivity contribution in [2.45, 2.75) is 46.5 Å². The number of benzene rings is 2. The number of nitrogens with one attached hydrogen (secondary N) is 2. The molecule has 0 aliphatic rings. The molecule has 35 heavy (non-hydrogen) atoms. The summed E-state index contributed by atoms with van der Waals surface area (Å²) in [4.78, 5) is 27.5. The molecule has 0 aliphatic carbocycles. The maximum atomic E-state index is 13.1. The first-order valence-corrected chi connectivity index (χ1v) is 11.8. The van der Waals surface area contributed by atoms with Crippen molar-refractivity contribution in [1.82, 2.24) is 14.7 Å². The average Bonchev–Trinajstić information content (AvgIpc) is 3.23. The molecule has 0 aliphatic heterocycles. The third-order valence-electron chi connectivity index (χ3n) is 5.49. The van der Waals surface area contributed by atoms with E-state index in [2.05, 4.69) is 31.4 Å². The zero-order valence-corrected chi connectivity index (χ0v) is 21.4. The van der Waals surface area contributed by atoms with Crippen LogP contribution in [-0.4, -0.2) is 46.8 Å². The molecule has 0 bridgehead atoms. The summed E-state index contributed by atoms with van der Waals surface area (Å²) in [5.74, 6) is 0.811. The Labute approximate surface area is 207 Å². The first kappa shape index (κ1) is 25.8. The van der Waals surface area contributed by atoms with Crippen molar-refractivity contribution in [2.75, 3.05) is 30.8 Å². The van der Waals surface area contributed by atoms with Crippen LogP contribution in [0.25, 0.3) is 5.69 Å². The number of rotatable bonds is 8. The minimum atomic E-state index is -0.367. The summed E-state index contributed by atoms with van der Waals surface area (Å²) >= 11 is 0. The zero-order valence-electron chi connectivity index (χ0n) is 21.4. The van der Waals surface area contributed by atoms with Crippen LogP contribution in [0.2, 0.25) is 0 Å². The fraction of sp³-hybridized carbons (Fsp3) is 0.370. The minimum Gasteiger partial charge on any atom is -0.495 e. The van der Waals surface area contributed by atoms with E-state index in [1.165, 1.54) is 4.90 Å². The predicted octanol–water partition coefficient (Wildman–Crippen LogP) is 5.37. The topological polar surface area (TPSA) is 88.5 Å². The maximum Gasteiger partial charge on any atom is 0.322 e. The quantitative estimate of drug-likeness (QED) is 0.457. The number of ether oxygens (including phenoxy) is 1. The van der Waals surface area contributed by atoms with Crippen LogP contribution < -0.4 is 15.4 Å². The molecule has 0 radical (unpaired) electrons. The predicted molar refractivity (Wildman–Crippen MR) is 140 cm³/mol. The zero-order chi connectivity index (χ0) is 25.6. The van der Waals surface area contributed by atoms with Gasteiger partial charge in [-0.1, -0.05) is 57.5 Å². The molecule has 186 valence electrons. The van der Waals surface area contributed by atoms with Crippen LogP contribution in [0, 0.1) is 6.92 Å². The van der Waals surface area contributed by atoms with Crippen LogP contribution in [0.5, 0.6) is 5.75 Å². The second-order valence-electron chi connectivity index (χ2n) is 9.51. The van der Waals surface area contributed by atoms with Crippen molar-refractivity contribution in [1.29, 1.82) is 0 Å². The van der Waals surface area contributed by atoms with Crippen LogP contribution in [0.15, 0.2) is 54.6 Å². The van der Waals surface area contributed by atoms with Crippen LogP contribution >= 0.6 is 0 Å². The van der Waals surface area contributed by atoms with E-state index in [0.717, 1.165) is 16.9 Å². The highest BCUT2D eigenvalue weighted by molar-refractivity contribution is 5.97. The largest absolute Gasteiger partial charge is 0.495 e. The van der Waals surface area contributed by atoms with E-state index in [0.29, 0.717) is 30.2 Å². The lowest BCUT2D eigenvalue weighted by molar-refractivity contribution is -0.116. The number of para-hydroxylation sites is 2. The molecule has 0 fully saturated rings. The lowest BCUT2D eigenvalue weighted by Crippen LogP contribution is -2.41. The number of carbonyl (C=O) groups excluding carboxylic acids is 2. The first-order chi connectivity index (χ1) is 16.6. The molecule has 0 saturated heterocycles. The van der Waals surface area contributed by atoms with Crippen molar-refractivity contribution in [3.05, 3.63) is 65.9 Å². The number of aryl methyl sites for hydroxylation is 1. The van der Waals surface area contributed by atoms with Crippen molar-refractivity contribution in [3.63, 3.8) is 0 Å². The summed E-state index contributed by atoms with van der Waals surface area (Å²) in [7, 11) is 1.55. The van der Waals surface area contributed by atoms with Crippen molar-refractivity contribution >= 4 is 23.4 Å². The fourth-order valence-corrected chi connectivity index (χ4v) is 3.54. The molecule has 1 aromatic heterocycles. The maximum absolute atomic E-state index is 13.1. The molecule has 3 rings (SSSR count). The number of hydrogen-bond donors (Lipinski definition) is 2. The molecule has 2 aromatic carbocycles. The van der Waals surface area contributed by atoms with Gasteiger partial charge in [0.2, 0.25) is 5.91 Å². The molecule has 3 aromatic rings. The molecular weight excluding hydrogens is 442 g/mol. The van der Waals surface area contributed by atoms with Gasteiger partial charge in [0.05, 0.1) is 24.2 Å². The smallest absolute Gasteiger partial charge is 0.322 e. The lowest BCUT2D eigenvalue weighted by atomic mass is 9.92. The highest BCUT2D eigenvalue weighted by atomic mass is 16.5. The Morgan fingerprint density at radius 3 is 2.37 bits per heavy atom. The number of hydrogen-bond acceptors (Lipinski definition) is 4. The van der Waals surface area contributed by atoms with Gasteiger partial charge in [0.1, 0.15) is 18.1 Å². The van der Waals surface area contributed by atoms with Gasteiger partial charge in [0.15, 0.2) is 0 Å². The van der Waals surface area contributed by atoms with Crippen molar-refractivity contribution < 1.29 is 14.3 Å². The average molecular weight is 478 g/mol. The molecule has 8 heteroatoms. The van der Waals surface area contributed by atoms with Gasteiger partial charge in [-0.15, -0.1) is 0 Å². The van der Waals surface area contributed by atoms with Gasteiger partial charge in [-0.2, -0.15) is 5.10 Å². The van der Waals surface area contributed by atoms with E-state index < -0.39 is 0 Å². The van der Waals surface area contributed by atoms with E-state index in [1.54, 1.807) is 23.9 Å². The van der Waals surface area contributed by atoms with Crippen molar-refractivity contribution in [2.24, 2.45) is 0 Å². The van der Waals surface area contributed by atoms with Gasteiger partial charge < -0.3 is 20.3 Å². The summed E-state index contributed by atoms with van der Waals surface area (Å²) < 4.78 is 7.05. The van der Waals surface area contributed by atoms with Crippen LogP contribution in [0.3, 0.4) is 0 Å². The number of urea groups is 1. The Kier molecular flexibility index (Phi) is 8.17. The van der Waals surface area contributed by atoms with E-state index in [4.69, 9.17) is 9.84 Å². The number of aromatic nitrogens is 2. The standard InChI is InChI=1S/C27H35N5O3/c1-7-16-31(26(34)28-21-10-8-9-11-22(21)35-6)18-25(33)29-24-17-23(27(3,4)5)30-32(24)20-14-12-19(2)13-15-20/h8-15,17H,7,16,18H2,1-6H3,(H,28,34)(H,29,33). The summed E-state index contributed by atoms with van der Waals surface area (Å²) in [6, 6.07) is 16.6. The van der Waals surface area contributed by atoms with Gasteiger partial charge in [0.25, 0.3) is 0 Å². The molecule has 0 unspecified atom stereocenters. The number of nitrogens with zero attached hydrogens (tertiary/aromatic N) is 3. The highest BCUT2D eigenvalue weighted by Gasteiger charge is 2.23. The Bertz CT molecular complexity index is 1160. The van der Waals surface area contributed by atoms with Gasteiger partial charge in [-0.3, -0.25) is 4.79 Å². The molecule has 1 heterocycles. The summed E-state index contributed by atoms with van der Waals surface area (Å²) in [5, 5.41) is 10.6. The lowest BCUT2D eigenvalue weighted by Gasteiger charge is -2.22. The Morgan fingerprint density at radius 1 is 1.06 bits per heavy atom. The molecule has 0 atom stereocenters. The number of methoxy groups -OCH3 is 1. The van der Waals surface area contributed by atoms with Crippen LogP contribution in [0.4, 0.5) is 16.3 Å². The van der Waals surface area contributed by atoms with E-state index in [1.807, 2.05) is 56.3 Å². The molecule has 0 spiro atoms. The highest BCUT2D eigenvalue weighted by Crippen LogP contribution is 2.27. The normalized spacial score (nSPS) is 11.1. The molecule has 0 saturated carbocycles. The minimum absolute atomic E-state index is 0.0985. The SMILES string of the molecule is CCCN(CC(=O)Nc1cc(C(C)(C)C)nn1-c1ccc(C)cc1)C(=O)Nc1ccccc1OC. The van der Waals surface area contributed by atoms with Crippen LogP contribution in [0.1, 0.15) is 45.4 Å². The first-order valence-electron chi connectivity index (χ1n) is 11.8. The Hall–Kier alpha value is -3.81. The summed E-state index contributed by atoms with van der Waals surface area (Å²) in [6.45, 7) is 10.5. The molecular formula is C27H35N5O3. The van der Waals surface area contributed by atoms with Crippen molar-refractivity contribution in [3.8, 4) is 11.4 Å². The summed E-state index contributed by atoms with van der Waals surface area (Å²) in [6.07, 6.45) is 0.710. The van der Waals surface area contributed by atoms with E-state index >= 15 is 0 Å². The van der Waals surface area contributed by atoms with Gasteiger partial charge >= 0.3 is 6.03 Å². The third-order valence-corrected chi connectivity index (χ3v) is 5.49. The number of carbonyl (C=O) groups is 2. The monoisotopic (exact) mass is 477 g/mol. The van der Waals surface area contributed by atoms with Crippen LogP contribution in [-0.2, 0) is 10.2 Å². The van der Waals surface area contributed by atoms with Gasteiger partial charge in [-0.05, 0) is 37.6 Å². The van der Waals surface area contributed by atoms with E-state index in [-0.39, 0.29) is 23.9 Å². The Morgan fingerprint density at radius 2 is 1.74 bits per heavy atom. The number of amides is 3. The Balaban J connectivity index is 1.80. The molecule has 3 amide bonds. The fourth-order valence-electron chi connectivity index (χ4n) is 3.54. The second kappa shape index (κ2) is 11.1. The van der Waals surface area contributed by atoms with E-state index in [9.17, 15) is 9.59 Å². The molecule has 2 N–H and O–H groups in total. The van der Waals surface area contributed by atoms with Gasteiger partial charge in [0, 0.05) is 18.0 Å². The third kappa shape index (κ3) is 6.62. The van der Waals surface area contributed by atoms with Gasteiger partial charge in [-0.25, -0.2) is 9.48 Å². The molecule has 8 nitrogen and oxygen atoms in total.